The zero-order valence-corrected chi connectivity index (χ0v) is 13.8. The summed E-state index contributed by atoms with van der Waals surface area (Å²) in [4.78, 5) is 14.3. The molecule has 0 fully saturated rings. The summed E-state index contributed by atoms with van der Waals surface area (Å²) in [6.45, 7) is 8.22. The fourth-order valence-corrected chi connectivity index (χ4v) is 2.76. The van der Waals surface area contributed by atoms with Crippen molar-refractivity contribution in [1.82, 2.24) is 4.90 Å². The van der Waals surface area contributed by atoms with Gasteiger partial charge in [0.2, 0.25) is 0 Å². The first-order valence-corrected chi connectivity index (χ1v) is 8.63. The van der Waals surface area contributed by atoms with Crippen LogP contribution in [0.1, 0.15) is 50.7 Å². The molecule has 0 spiro atoms. The molecule has 1 amide bonds. The smallest absolute Gasteiger partial charge is 0.281 e. The molecule has 1 rings (SSSR count). The molecule has 20 heavy (non-hydrogen) atoms. The van der Waals surface area contributed by atoms with E-state index in [1.54, 1.807) is 0 Å². The summed E-state index contributed by atoms with van der Waals surface area (Å²) in [5, 5.41) is 0.229. The van der Waals surface area contributed by atoms with E-state index in [1.807, 2.05) is 4.90 Å². The minimum atomic E-state index is 0.229. The van der Waals surface area contributed by atoms with Crippen LogP contribution >= 0.6 is 11.8 Å². The van der Waals surface area contributed by atoms with E-state index in [-0.39, 0.29) is 5.24 Å². The van der Waals surface area contributed by atoms with E-state index in [0.29, 0.717) is 0 Å². The van der Waals surface area contributed by atoms with Crippen molar-refractivity contribution in [2.24, 2.45) is 0 Å². The van der Waals surface area contributed by atoms with Gasteiger partial charge in [-0.2, -0.15) is 0 Å². The highest BCUT2D eigenvalue weighted by Crippen LogP contribution is 2.17. The lowest BCUT2D eigenvalue weighted by Crippen LogP contribution is -2.29. The Bertz CT molecular complexity index is 380. The van der Waals surface area contributed by atoms with Crippen LogP contribution in [0.5, 0.6) is 0 Å². The highest BCUT2D eigenvalue weighted by Gasteiger charge is 2.13. The fraction of sp³-hybridized carbons (Fsp3) is 0.588. The quantitative estimate of drug-likeness (QED) is 0.652. The molecule has 0 saturated carbocycles. The Morgan fingerprint density at radius 2 is 1.60 bits per heavy atom. The van der Waals surface area contributed by atoms with Gasteiger partial charge in [0.05, 0.1) is 0 Å². The topological polar surface area (TPSA) is 20.3 Å². The molecule has 0 atom stereocenters. The molecule has 2 nitrogen and oxygen atoms in total. The van der Waals surface area contributed by atoms with Gasteiger partial charge in [-0.25, -0.2) is 0 Å². The number of hydrogen-bond donors (Lipinski definition) is 0. The third kappa shape index (κ3) is 6.47. The molecule has 0 heterocycles. The normalized spacial score (nSPS) is 10.6. The van der Waals surface area contributed by atoms with Crippen LogP contribution in [0, 0.1) is 6.92 Å². The minimum Gasteiger partial charge on any atom is -0.334 e. The second kappa shape index (κ2) is 9.87. The van der Waals surface area contributed by atoms with E-state index in [0.717, 1.165) is 44.5 Å². The predicted octanol–water partition coefficient (Wildman–Crippen LogP) is 5.25. The number of carbonyl (C=O) groups is 1. The number of unbranched alkanes of at least 4 members (excludes halogenated alkanes) is 2. The van der Waals surface area contributed by atoms with E-state index in [1.165, 1.54) is 22.9 Å². The fourth-order valence-electron chi connectivity index (χ4n) is 1.91. The van der Waals surface area contributed by atoms with E-state index >= 15 is 0 Å². The molecule has 0 unspecified atom stereocenters. The first-order valence-electron chi connectivity index (χ1n) is 7.64. The molecule has 0 aromatic heterocycles. The summed E-state index contributed by atoms with van der Waals surface area (Å²) >= 11 is 1.43. The molecule has 1 aromatic rings. The molecule has 112 valence electrons. The molecule has 0 aliphatic carbocycles. The van der Waals surface area contributed by atoms with Crippen molar-refractivity contribution in [2.45, 2.75) is 52.2 Å². The summed E-state index contributed by atoms with van der Waals surface area (Å²) in [7, 11) is 0. The monoisotopic (exact) mass is 293 g/mol. The van der Waals surface area contributed by atoms with Crippen molar-refractivity contribution in [1.29, 1.82) is 0 Å². The molecule has 0 radical (unpaired) electrons. The van der Waals surface area contributed by atoms with Crippen molar-refractivity contribution in [2.75, 3.05) is 13.1 Å². The summed E-state index contributed by atoms with van der Waals surface area (Å²) < 4.78 is 0. The summed E-state index contributed by atoms with van der Waals surface area (Å²) in [5.41, 5.74) is 2.48. The highest BCUT2D eigenvalue weighted by molar-refractivity contribution is 8.12. The van der Waals surface area contributed by atoms with Crippen LogP contribution in [0.15, 0.2) is 24.3 Å². The van der Waals surface area contributed by atoms with E-state index in [9.17, 15) is 4.79 Å². The van der Waals surface area contributed by atoms with Gasteiger partial charge in [-0.1, -0.05) is 68.3 Å². The van der Waals surface area contributed by atoms with Gasteiger partial charge in [0.15, 0.2) is 0 Å². The van der Waals surface area contributed by atoms with Crippen LogP contribution in [0.2, 0.25) is 0 Å². The maximum absolute atomic E-state index is 12.3. The zero-order chi connectivity index (χ0) is 14.8. The Kier molecular flexibility index (Phi) is 8.43. The van der Waals surface area contributed by atoms with Gasteiger partial charge in [0, 0.05) is 18.8 Å². The van der Waals surface area contributed by atoms with Crippen LogP contribution in [-0.2, 0) is 5.75 Å². The maximum atomic E-state index is 12.3. The molecule has 0 saturated heterocycles. The Morgan fingerprint density at radius 1 is 1.05 bits per heavy atom. The van der Waals surface area contributed by atoms with Gasteiger partial charge in [0.1, 0.15) is 0 Å². The number of rotatable bonds is 8. The predicted molar refractivity (Wildman–Crippen MR) is 89.3 cm³/mol. The van der Waals surface area contributed by atoms with E-state index in [2.05, 4.69) is 45.0 Å². The summed E-state index contributed by atoms with van der Waals surface area (Å²) in [5.74, 6) is 0.772. The van der Waals surface area contributed by atoms with Gasteiger partial charge >= 0.3 is 0 Å². The largest absolute Gasteiger partial charge is 0.334 e. The maximum Gasteiger partial charge on any atom is 0.281 e. The number of amides is 1. The number of thioether (sulfide) groups is 1. The third-order valence-electron chi connectivity index (χ3n) is 3.30. The standard InChI is InChI=1S/C17H27NOS/c1-4-6-12-18(13-7-5-2)17(19)20-14-16-10-8-15(3)9-11-16/h8-11H,4-7,12-14H2,1-3H3. The van der Waals surface area contributed by atoms with Gasteiger partial charge in [0.25, 0.3) is 5.24 Å². The number of aryl methyl sites for hydroxylation is 1. The van der Waals surface area contributed by atoms with Crippen molar-refractivity contribution in [3.63, 3.8) is 0 Å². The zero-order valence-electron chi connectivity index (χ0n) is 13.0. The highest BCUT2D eigenvalue weighted by atomic mass is 32.2. The molecule has 0 aliphatic heterocycles. The van der Waals surface area contributed by atoms with Crippen LogP contribution < -0.4 is 0 Å². The molecule has 1 aromatic carbocycles. The lowest BCUT2D eigenvalue weighted by atomic mass is 10.2. The van der Waals surface area contributed by atoms with Crippen molar-refractivity contribution >= 4 is 17.0 Å². The Hall–Kier alpha value is -0.960. The molecular weight excluding hydrogens is 266 g/mol. The van der Waals surface area contributed by atoms with Crippen molar-refractivity contribution < 1.29 is 4.79 Å². The minimum absolute atomic E-state index is 0.229. The summed E-state index contributed by atoms with van der Waals surface area (Å²) in [6.07, 6.45) is 4.47. The number of benzene rings is 1. The van der Waals surface area contributed by atoms with E-state index < -0.39 is 0 Å². The molecule has 0 N–H and O–H groups in total. The first-order chi connectivity index (χ1) is 9.67. The van der Waals surface area contributed by atoms with Gasteiger partial charge < -0.3 is 4.90 Å². The molecule has 3 heteroatoms. The van der Waals surface area contributed by atoms with E-state index in [4.69, 9.17) is 0 Å². The second-order valence-corrected chi connectivity index (χ2v) is 6.16. The molecule has 0 bridgehead atoms. The number of hydrogen-bond acceptors (Lipinski definition) is 2. The van der Waals surface area contributed by atoms with Crippen LogP contribution in [0.4, 0.5) is 4.79 Å². The second-order valence-electron chi connectivity index (χ2n) is 5.23. The average molecular weight is 293 g/mol. The number of nitrogens with zero attached hydrogens (tertiary/aromatic N) is 1. The first kappa shape index (κ1) is 17.1. The number of carbonyl (C=O) groups excluding carboxylic acids is 1. The SMILES string of the molecule is CCCCN(CCCC)C(=O)SCc1ccc(C)cc1. The van der Waals surface area contributed by atoms with Gasteiger partial charge in [-0.15, -0.1) is 0 Å². The third-order valence-corrected chi connectivity index (χ3v) is 4.29. The van der Waals surface area contributed by atoms with Crippen LogP contribution in [0.25, 0.3) is 0 Å². The van der Waals surface area contributed by atoms with Gasteiger partial charge in [-0.3, -0.25) is 4.79 Å². The van der Waals surface area contributed by atoms with Crippen molar-refractivity contribution in [3.05, 3.63) is 35.4 Å². The summed E-state index contributed by atoms with van der Waals surface area (Å²) in [6, 6.07) is 8.43. The Morgan fingerprint density at radius 3 is 2.10 bits per heavy atom. The average Bonchev–Trinajstić information content (AvgIpc) is 2.46. The van der Waals surface area contributed by atoms with Crippen molar-refractivity contribution in [3.8, 4) is 0 Å². The lowest BCUT2D eigenvalue weighted by molar-refractivity contribution is 0.221. The Labute approximate surface area is 127 Å². The van der Waals surface area contributed by atoms with Crippen LogP contribution in [-0.4, -0.2) is 23.2 Å². The van der Waals surface area contributed by atoms with Gasteiger partial charge in [-0.05, 0) is 25.3 Å². The van der Waals surface area contributed by atoms with Crippen LogP contribution in [0.3, 0.4) is 0 Å². The molecular formula is C17H27NOS. The molecule has 0 aliphatic rings. The Balaban J connectivity index is 2.45. The lowest BCUT2D eigenvalue weighted by Gasteiger charge is -2.21.